The molecule has 1 N–H and O–H groups in total. The van der Waals surface area contributed by atoms with E-state index >= 15 is 0 Å². The van der Waals surface area contributed by atoms with Crippen LogP contribution in [0.4, 0.5) is 0 Å². The van der Waals surface area contributed by atoms with Crippen molar-refractivity contribution in [1.82, 2.24) is 10.3 Å². The van der Waals surface area contributed by atoms with E-state index in [1.807, 2.05) is 25.1 Å². The van der Waals surface area contributed by atoms with E-state index in [-0.39, 0.29) is 6.04 Å². The third kappa shape index (κ3) is 3.11. The largest absolute Gasteiger partial charge is 0.497 e. The van der Waals surface area contributed by atoms with Gasteiger partial charge in [0.25, 0.3) is 0 Å². The summed E-state index contributed by atoms with van der Waals surface area (Å²) in [6, 6.07) is 5.84. The summed E-state index contributed by atoms with van der Waals surface area (Å²) >= 11 is 1.65. The van der Waals surface area contributed by atoms with Crippen molar-refractivity contribution < 1.29 is 9.47 Å². The number of methoxy groups -OCH3 is 2. The number of aryl methyl sites for hydroxylation is 1. The van der Waals surface area contributed by atoms with Crippen molar-refractivity contribution >= 4 is 11.3 Å². The molecule has 1 unspecified atom stereocenters. The quantitative estimate of drug-likeness (QED) is 0.888. The molecule has 1 heterocycles. The van der Waals surface area contributed by atoms with Gasteiger partial charge in [0.1, 0.15) is 11.5 Å². The maximum Gasteiger partial charge on any atom is 0.124 e. The van der Waals surface area contributed by atoms with E-state index in [0.717, 1.165) is 34.3 Å². The lowest BCUT2D eigenvalue weighted by molar-refractivity contribution is 0.393. The molecule has 0 saturated carbocycles. The van der Waals surface area contributed by atoms with Gasteiger partial charge in [-0.1, -0.05) is 6.92 Å². The fourth-order valence-corrected chi connectivity index (χ4v) is 2.79. The Hall–Kier alpha value is -1.59. The molecule has 0 aliphatic carbocycles. The van der Waals surface area contributed by atoms with Gasteiger partial charge in [0.05, 0.1) is 31.0 Å². The summed E-state index contributed by atoms with van der Waals surface area (Å²) in [5.74, 6) is 1.65. The number of aromatic nitrogens is 1. The Balaban J connectivity index is 2.47. The molecule has 108 valence electrons. The summed E-state index contributed by atoms with van der Waals surface area (Å²) in [7, 11) is 3.35. The second-order valence-electron chi connectivity index (χ2n) is 4.39. The van der Waals surface area contributed by atoms with Gasteiger partial charge < -0.3 is 14.8 Å². The van der Waals surface area contributed by atoms with Crippen LogP contribution in [0.2, 0.25) is 0 Å². The minimum absolute atomic E-state index is 0.00926. The van der Waals surface area contributed by atoms with Gasteiger partial charge in [0.2, 0.25) is 0 Å². The number of nitrogens with zero attached hydrogens (tertiary/aromatic N) is 1. The van der Waals surface area contributed by atoms with Crippen LogP contribution in [0, 0.1) is 6.92 Å². The van der Waals surface area contributed by atoms with E-state index in [9.17, 15) is 0 Å². The van der Waals surface area contributed by atoms with Gasteiger partial charge in [0, 0.05) is 10.9 Å². The molecule has 0 radical (unpaired) electrons. The number of hydrogen-bond acceptors (Lipinski definition) is 5. The van der Waals surface area contributed by atoms with Gasteiger partial charge >= 0.3 is 0 Å². The zero-order chi connectivity index (χ0) is 14.5. The SMILES string of the molecule is CCNC(c1csc(C)n1)c1cc(OC)ccc1OC. The summed E-state index contributed by atoms with van der Waals surface area (Å²) in [6.07, 6.45) is 0. The number of thiazole rings is 1. The Morgan fingerprint density at radius 1 is 1.30 bits per heavy atom. The van der Waals surface area contributed by atoms with Crippen LogP contribution < -0.4 is 14.8 Å². The van der Waals surface area contributed by atoms with Crippen molar-refractivity contribution in [3.05, 3.63) is 39.8 Å². The van der Waals surface area contributed by atoms with E-state index in [2.05, 4.69) is 22.6 Å². The van der Waals surface area contributed by atoms with Crippen LogP contribution in [0.1, 0.15) is 29.2 Å². The van der Waals surface area contributed by atoms with Gasteiger partial charge in [-0.15, -0.1) is 11.3 Å². The Labute approximate surface area is 123 Å². The molecule has 2 aromatic rings. The number of rotatable bonds is 6. The average molecular weight is 292 g/mol. The van der Waals surface area contributed by atoms with E-state index in [0.29, 0.717) is 0 Å². The third-order valence-corrected chi connectivity index (χ3v) is 3.88. The van der Waals surface area contributed by atoms with E-state index in [1.165, 1.54) is 0 Å². The maximum atomic E-state index is 5.48. The molecule has 20 heavy (non-hydrogen) atoms. The molecule has 1 atom stereocenters. The molecule has 1 aromatic heterocycles. The lowest BCUT2D eigenvalue weighted by Gasteiger charge is -2.20. The van der Waals surface area contributed by atoms with Crippen LogP contribution in [-0.2, 0) is 0 Å². The van der Waals surface area contributed by atoms with Crippen LogP contribution in [0.3, 0.4) is 0 Å². The summed E-state index contributed by atoms with van der Waals surface area (Å²) in [6.45, 7) is 4.94. The van der Waals surface area contributed by atoms with Crippen LogP contribution >= 0.6 is 11.3 Å². The Bertz CT molecular complexity index is 569. The molecule has 0 amide bonds. The molecular formula is C15H20N2O2S. The van der Waals surface area contributed by atoms with Gasteiger partial charge in [0.15, 0.2) is 0 Å². The molecule has 4 nitrogen and oxygen atoms in total. The molecular weight excluding hydrogens is 272 g/mol. The first-order valence-corrected chi connectivity index (χ1v) is 7.44. The average Bonchev–Trinajstić information content (AvgIpc) is 2.90. The monoisotopic (exact) mass is 292 g/mol. The smallest absolute Gasteiger partial charge is 0.124 e. The van der Waals surface area contributed by atoms with Crippen LogP contribution in [0.25, 0.3) is 0 Å². The molecule has 2 rings (SSSR count). The predicted octanol–water partition coefficient (Wildman–Crippen LogP) is 3.17. The van der Waals surface area contributed by atoms with Crippen molar-refractivity contribution in [2.45, 2.75) is 19.9 Å². The third-order valence-electron chi connectivity index (χ3n) is 3.09. The molecule has 0 saturated heterocycles. The van der Waals surface area contributed by atoms with Gasteiger partial charge in [-0.2, -0.15) is 0 Å². The minimum atomic E-state index is 0.00926. The summed E-state index contributed by atoms with van der Waals surface area (Å²) in [5.41, 5.74) is 2.06. The highest BCUT2D eigenvalue weighted by Gasteiger charge is 2.20. The second kappa shape index (κ2) is 6.72. The first kappa shape index (κ1) is 14.8. The standard InChI is InChI=1S/C15H20N2O2S/c1-5-16-15(13-9-20-10(2)17-13)12-8-11(18-3)6-7-14(12)19-4/h6-9,15-16H,5H2,1-4H3. The van der Waals surface area contributed by atoms with Crippen molar-refractivity contribution in [3.63, 3.8) is 0 Å². The maximum absolute atomic E-state index is 5.48. The first-order chi connectivity index (χ1) is 9.69. The Morgan fingerprint density at radius 3 is 2.65 bits per heavy atom. The number of nitrogens with one attached hydrogen (secondary N) is 1. The minimum Gasteiger partial charge on any atom is -0.497 e. The lowest BCUT2D eigenvalue weighted by atomic mass is 10.0. The molecule has 0 aliphatic heterocycles. The fraction of sp³-hybridized carbons (Fsp3) is 0.400. The molecule has 0 spiro atoms. The van der Waals surface area contributed by atoms with Crippen molar-refractivity contribution in [2.24, 2.45) is 0 Å². The topological polar surface area (TPSA) is 43.4 Å². The lowest BCUT2D eigenvalue weighted by Crippen LogP contribution is -2.23. The normalized spacial score (nSPS) is 12.2. The molecule has 5 heteroatoms. The Kier molecular flexibility index (Phi) is 4.98. The molecule has 1 aromatic carbocycles. The second-order valence-corrected chi connectivity index (χ2v) is 5.45. The van der Waals surface area contributed by atoms with Crippen LogP contribution in [0.15, 0.2) is 23.6 Å². The zero-order valence-electron chi connectivity index (χ0n) is 12.3. The van der Waals surface area contributed by atoms with Gasteiger partial charge in [-0.25, -0.2) is 4.98 Å². The fourth-order valence-electron chi connectivity index (χ4n) is 2.16. The van der Waals surface area contributed by atoms with Gasteiger partial charge in [-0.3, -0.25) is 0 Å². The van der Waals surface area contributed by atoms with Crippen molar-refractivity contribution in [2.75, 3.05) is 20.8 Å². The summed E-state index contributed by atoms with van der Waals surface area (Å²) < 4.78 is 10.8. The number of benzene rings is 1. The summed E-state index contributed by atoms with van der Waals surface area (Å²) in [4.78, 5) is 4.60. The highest BCUT2D eigenvalue weighted by Crippen LogP contribution is 2.33. The molecule has 0 fully saturated rings. The first-order valence-electron chi connectivity index (χ1n) is 6.57. The van der Waals surface area contributed by atoms with Crippen LogP contribution in [0.5, 0.6) is 11.5 Å². The van der Waals surface area contributed by atoms with E-state index < -0.39 is 0 Å². The number of ether oxygens (including phenoxy) is 2. The van der Waals surface area contributed by atoms with Crippen LogP contribution in [-0.4, -0.2) is 25.7 Å². The van der Waals surface area contributed by atoms with Gasteiger partial charge in [-0.05, 0) is 31.7 Å². The van der Waals surface area contributed by atoms with Crippen molar-refractivity contribution in [1.29, 1.82) is 0 Å². The highest BCUT2D eigenvalue weighted by atomic mass is 32.1. The van der Waals surface area contributed by atoms with Crippen molar-refractivity contribution in [3.8, 4) is 11.5 Å². The summed E-state index contributed by atoms with van der Waals surface area (Å²) in [5, 5.41) is 6.61. The molecule has 0 aliphatic rings. The predicted molar refractivity (Wildman–Crippen MR) is 81.9 cm³/mol. The molecule has 0 bridgehead atoms. The number of hydrogen-bond donors (Lipinski definition) is 1. The Morgan fingerprint density at radius 2 is 2.10 bits per heavy atom. The van der Waals surface area contributed by atoms with E-state index in [4.69, 9.17) is 9.47 Å². The highest BCUT2D eigenvalue weighted by molar-refractivity contribution is 7.09. The zero-order valence-corrected chi connectivity index (χ0v) is 13.1. The van der Waals surface area contributed by atoms with E-state index in [1.54, 1.807) is 25.6 Å².